The van der Waals surface area contributed by atoms with E-state index < -0.39 is 0 Å². The highest BCUT2D eigenvalue weighted by Gasteiger charge is 2.28. The predicted octanol–water partition coefficient (Wildman–Crippen LogP) is 2.30. The number of ether oxygens (including phenoxy) is 1. The van der Waals surface area contributed by atoms with E-state index >= 15 is 0 Å². The van der Waals surface area contributed by atoms with Gasteiger partial charge in [0.05, 0.1) is 6.10 Å². The third-order valence-electron chi connectivity index (χ3n) is 2.62. The molecule has 0 saturated heterocycles. The van der Waals surface area contributed by atoms with E-state index in [9.17, 15) is 0 Å². The van der Waals surface area contributed by atoms with Crippen LogP contribution in [0.1, 0.15) is 18.6 Å². The Morgan fingerprint density at radius 3 is 2.86 bits per heavy atom. The van der Waals surface area contributed by atoms with Gasteiger partial charge in [0.1, 0.15) is 12.4 Å². The van der Waals surface area contributed by atoms with E-state index in [0.717, 1.165) is 29.8 Å². The lowest BCUT2D eigenvalue weighted by atomic mass is 9.82. The van der Waals surface area contributed by atoms with E-state index in [1.54, 1.807) is 0 Å². The highest BCUT2D eigenvalue weighted by atomic mass is 79.9. The minimum atomic E-state index is 0.382. The fourth-order valence-electron chi connectivity index (χ4n) is 1.63. The Hall–Kier alpha value is -0.320. The lowest BCUT2D eigenvalue weighted by molar-refractivity contribution is -0.0434. The van der Waals surface area contributed by atoms with Crippen molar-refractivity contribution in [1.29, 1.82) is 0 Å². The van der Waals surface area contributed by atoms with Gasteiger partial charge in [-0.25, -0.2) is 0 Å². The molecule has 0 spiro atoms. The van der Waals surface area contributed by atoms with Crippen molar-refractivity contribution in [3.63, 3.8) is 0 Å². The van der Waals surface area contributed by atoms with Crippen molar-refractivity contribution in [3.05, 3.63) is 22.6 Å². The third kappa shape index (κ3) is 2.38. The number of furan rings is 1. The summed E-state index contributed by atoms with van der Waals surface area (Å²) < 4.78 is 11.7. The monoisotopic (exact) mass is 259 g/mol. The maximum Gasteiger partial charge on any atom is 0.169 e. The summed E-state index contributed by atoms with van der Waals surface area (Å²) in [6, 6.07) is 3.80. The van der Waals surface area contributed by atoms with Gasteiger partial charge >= 0.3 is 0 Å². The van der Waals surface area contributed by atoms with Gasteiger partial charge in [-0.15, -0.1) is 0 Å². The van der Waals surface area contributed by atoms with Crippen molar-refractivity contribution in [2.75, 3.05) is 6.54 Å². The molecule has 0 radical (unpaired) electrons. The molecular weight excluding hydrogens is 246 g/mol. The fraction of sp³-hybridized carbons (Fsp3) is 0.600. The zero-order valence-corrected chi connectivity index (χ0v) is 9.50. The average molecular weight is 260 g/mol. The van der Waals surface area contributed by atoms with Crippen LogP contribution in [0.2, 0.25) is 0 Å². The second-order valence-electron chi connectivity index (χ2n) is 3.71. The molecule has 3 nitrogen and oxygen atoms in total. The standard InChI is InChI=1S/C10H14BrNO2/c11-10-2-1-8(14-10)6-13-9-3-7(4-9)5-12/h1-2,7,9H,3-6,12H2. The van der Waals surface area contributed by atoms with Crippen molar-refractivity contribution in [1.82, 2.24) is 0 Å². The maximum absolute atomic E-state index is 5.64. The van der Waals surface area contributed by atoms with Crippen LogP contribution in [0.15, 0.2) is 21.2 Å². The summed E-state index contributed by atoms with van der Waals surface area (Å²) in [5.74, 6) is 1.54. The number of hydrogen-bond acceptors (Lipinski definition) is 3. The van der Waals surface area contributed by atoms with Crippen molar-refractivity contribution < 1.29 is 9.15 Å². The van der Waals surface area contributed by atoms with Crippen LogP contribution < -0.4 is 5.73 Å². The van der Waals surface area contributed by atoms with Crippen LogP contribution in [-0.2, 0) is 11.3 Å². The van der Waals surface area contributed by atoms with E-state index in [-0.39, 0.29) is 0 Å². The Balaban J connectivity index is 1.69. The first kappa shape index (κ1) is 10.2. The van der Waals surface area contributed by atoms with Gasteiger partial charge in [0.2, 0.25) is 0 Å². The van der Waals surface area contributed by atoms with Crippen LogP contribution in [0.3, 0.4) is 0 Å². The molecule has 1 aliphatic carbocycles. The largest absolute Gasteiger partial charge is 0.452 e. The van der Waals surface area contributed by atoms with Crippen LogP contribution in [0.25, 0.3) is 0 Å². The van der Waals surface area contributed by atoms with Crippen LogP contribution in [0.4, 0.5) is 0 Å². The summed E-state index contributed by atoms with van der Waals surface area (Å²) in [5, 5.41) is 0. The van der Waals surface area contributed by atoms with Crippen molar-refractivity contribution in [3.8, 4) is 0 Å². The first-order chi connectivity index (χ1) is 6.78. The number of nitrogens with two attached hydrogens (primary N) is 1. The van der Waals surface area contributed by atoms with Crippen molar-refractivity contribution in [2.45, 2.75) is 25.6 Å². The van der Waals surface area contributed by atoms with Gasteiger partial charge in [-0.1, -0.05) is 0 Å². The Labute approximate surface area is 91.7 Å². The average Bonchev–Trinajstić information content (AvgIpc) is 2.49. The topological polar surface area (TPSA) is 48.4 Å². The molecule has 0 atom stereocenters. The summed E-state index contributed by atoms with van der Waals surface area (Å²) >= 11 is 3.25. The molecule has 2 rings (SSSR count). The van der Waals surface area contributed by atoms with E-state index in [2.05, 4.69) is 15.9 Å². The highest BCUT2D eigenvalue weighted by molar-refractivity contribution is 9.10. The molecule has 4 heteroatoms. The molecule has 78 valence electrons. The second kappa shape index (κ2) is 4.47. The molecule has 1 saturated carbocycles. The molecule has 14 heavy (non-hydrogen) atoms. The minimum absolute atomic E-state index is 0.382. The molecule has 0 aliphatic heterocycles. The smallest absolute Gasteiger partial charge is 0.169 e. The molecule has 1 aromatic heterocycles. The molecule has 1 heterocycles. The first-order valence-corrected chi connectivity index (χ1v) is 5.63. The first-order valence-electron chi connectivity index (χ1n) is 4.84. The van der Waals surface area contributed by atoms with Gasteiger partial charge < -0.3 is 14.9 Å². The van der Waals surface area contributed by atoms with Crippen molar-refractivity contribution in [2.24, 2.45) is 11.7 Å². The minimum Gasteiger partial charge on any atom is -0.452 e. The molecule has 1 fully saturated rings. The molecule has 2 N–H and O–H groups in total. The number of hydrogen-bond donors (Lipinski definition) is 1. The highest BCUT2D eigenvalue weighted by Crippen LogP contribution is 2.29. The Kier molecular flexibility index (Phi) is 3.26. The van der Waals surface area contributed by atoms with Crippen LogP contribution in [-0.4, -0.2) is 12.6 Å². The van der Waals surface area contributed by atoms with Gasteiger partial charge in [0, 0.05) is 0 Å². The number of rotatable bonds is 4. The maximum atomic E-state index is 5.64. The molecule has 0 aromatic carbocycles. The normalized spacial score (nSPS) is 26.1. The summed E-state index contributed by atoms with van der Waals surface area (Å²) in [4.78, 5) is 0. The van der Waals surface area contributed by atoms with E-state index in [1.807, 2.05) is 12.1 Å². The van der Waals surface area contributed by atoms with Gasteiger partial charge in [-0.3, -0.25) is 0 Å². The van der Waals surface area contributed by atoms with E-state index in [0.29, 0.717) is 18.6 Å². The molecule has 1 aromatic rings. The van der Waals surface area contributed by atoms with E-state index in [4.69, 9.17) is 14.9 Å². The molecular formula is C10H14BrNO2. The van der Waals surface area contributed by atoms with Crippen LogP contribution >= 0.6 is 15.9 Å². The zero-order chi connectivity index (χ0) is 9.97. The summed E-state index contributed by atoms with van der Waals surface area (Å²) in [6.07, 6.45) is 2.57. The SMILES string of the molecule is NCC1CC(OCc2ccc(Br)o2)C1. The van der Waals surface area contributed by atoms with E-state index in [1.165, 1.54) is 0 Å². The molecule has 0 amide bonds. The summed E-state index contributed by atoms with van der Waals surface area (Å²) in [6.45, 7) is 1.35. The second-order valence-corrected chi connectivity index (χ2v) is 4.49. The van der Waals surface area contributed by atoms with Gasteiger partial charge in [-0.2, -0.15) is 0 Å². The lowest BCUT2D eigenvalue weighted by Crippen LogP contribution is -2.35. The lowest BCUT2D eigenvalue weighted by Gasteiger charge is -2.33. The number of halogens is 1. The van der Waals surface area contributed by atoms with Gasteiger partial charge in [0.15, 0.2) is 4.67 Å². The van der Waals surface area contributed by atoms with Crippen molar-refractivity contribution >= 4 is 15.9 Å². The molecule has 0 bridgehead atoms. The fourth-order valence-corrected chi connectivity index (χ4v) is 1.97. The quantitative estimate of drug-likeness (QED) is 0.903. The summed E-state index contributed by atoms with van der Waals surface area (Å²) in [7, 11) is 0. The summed E-state index contributed by atoms with van der Waals surface area (Å²) in [5.41, 5.74) is 5.53. The third-order valence-corrected chi connectivity index (χ3v) is 3.04. The van der Waals surface area contributed by atoms with Crippen LogP contribution in [0.5, 0.6) is 0 Å². The Morgan fingerprint density at radius 2 is 2.29 bits per heavy atom. The molecule has 1 aliphatic rings. The van der Waals surface area contributed by atoms with Gasteiger partial charge in [-0.05, 0) is 53.4 Å². The Bertz CT molecular complexity index is 294. The Morgan fingerprint density at radius 1 is 1.50 bits per heavy atom. The van der Waals surface area contributed by atoms with Gasteiger partial charge in [0.25, 0.3) is 0 Å². The van der Waals surface area contributed by atoms with Crippen LogP contribution in [0, 0.1) is 5.92 Å². The zero-order valence-electron chi connectivity index (χ0n) is 7.91. The molecule has 0 unspecified atom stereocenters. The predicted molar refractivity (Wildman–Crippen MR) is 56.8 cm³/mol.